The average Bonchev–Trinajstić information content (AvgIpc) is 2.62. The van der Waals surface area contributed by atoms with Crippen LogP contribution in [0.15, 0.2) is 5.38 Å². The number of carboxylic acids is 1. The summed E-state index contributed by atoms with van der Waals surface area (Å²) in [6.07, 6.45) is 1.10. The quantitative estimate of drug-likeness (QED) is 0.850. The van der Waals surface area contributed by atoms with Crippen molar-refractivity contribution in [3.05, 3.63) is 11.1 Å². The summed E-state index contributed by atoms with van der Waals surface area (Å²) in [6, 6.07) is 0.416. The van der Waals surface area contributed by atoms with E-state index in [4.69, 9.17) is 5.11 Å². The molecule has 0 aliphatic carbocycles. The lowest BCUT2D eigenvalue weighted by Crippen LogP contribution is -2.29. The van der Waals surface area contributed by atoms with E-state index in [2.05, 4.69) is 30.7 Å². The Hall–Kier alpha value is -1.10. The Balaban J connectivity index is 2.65. The Morgan fingerprint density at radius 1 is 1.53 bits per heavy atom. The minimum absolute atomic E-state index is 0.00288. The van der Waals surface area contributed by atoms with Crippen molar-refractivity contribution in [2.75, 3.05) is 11.9 Å². The number of hydrogen-bond donors (Lipinski definition) is 1. The second-order valence-corrected chi connectivity index (χ2v) is 5.62. The number of rotatable bonds is 6. The minimum atomic E-state index is -0.834. The third-order valence-corrected chi connectivity index (χ3v) is 3.63. The van der Waals surface area contributed by atoms with Crippen LogP contribution in [0.4, 0.5) is 5.13 Å². The molecule has 1 unspecified atom stereocenters. The predicted octanol–water partition coefficient (Wildman–Crippen LogP) is 2.64. The first kappa shape index (κ1) is 14.0. The van der Waals surface area contributed by atoms with E-state index < -0.39 is 5.97 Å². The van der Waals surface area contributed by atoms with E-state index in [1.165, 1.54) is 11.3 Å². The van der Waals surface area contributed by atoms with E-state index in [1.54, 1.807) is 0 Å². The van der Waals surface area contributed by atoms with Crippen LogP contribution in [0, 0.1) is 5.92 Å². The second kappa shape index (κ2) is 6.00. The van der Waals surface area contributed by atoms with E-state index in [1.807, 2.05) is 12.4 Å². The number of nitrogens with zero attached hydrogens (tertiary/aromatic N) is 2. The highest BCUT2D eigenvalue weighted by Gasteiger charge is 2.15. The van der Waals surface area contributed by atoms with Crippen molar-refractivity contribution in [3.8, 4) is 0 Å². The highest BCUT2D eigenvalue weighted by atomic mass is 32.1. The van der Waals surface area contributed by atoms with Gasteiger partial charge in [-0.2, -0.15) is 0 Å². The van der Waals surface area contributed by atoms with Gasteiger partial charge in [0.05, 0.1) is 12.1 Å². The molecule has 1 N–H and O–H groups in total. The van der Waals surface area contributed by atoms with Crippen LogP contribution in [-0.2, 0) is 11.2 Å². The number of aromatic nitrogens is 1. The van der Waals surface area contributed by atoms with Crippen LogP contribution in [0.2, 0.25) is 0 Å². The molecule has 1 aromatic rings. The first-order valence-corrected chi connectivity index (χ1v) is 6.67. The van der Waals surface area contributed by atoms with Crippen molar-refractivity contribution in [2.45, 2.75) is 39.7 Å². The number of hydrogen-bond acceptors (Lipinski definition) is 4. The molecule has 0 aromatic carbocycles. The zero-order valence-electron chi connectivity index (χ0n) is 10.8. The summed E-state index contributed by atoms with van der Waals surface area (Å²) in [6.45, 7) is 6.56. The predicted molar refractivity (Wildman–Crippen MR) is 70.8 cm³/mol. The minimum Gasteiger partial charge on any atom is -0.481 e. The summed E-state index contributed by atoms with van der Waals surface area (Å²) < 4.78 is 0. The van der Waals surface area contributed by atoms with Gasteiger partial charge in [0.2, 0.25) is 0 Å². The van der Waals surface area contributed by atoms with Gasteiger partial charge in [0.15, 0.2) is 5.13 Å². The van der Waals surface area contributed by atoms with Crippen LogP contribution in [0.3, 0.4) is 0 Å². The van der Waals surface area contributed by atoms with Gasteiger partial charge < -0.3 is 10.0 Å². The van der Waals surface area contributed by atoms with E-state index in [0.29, 0.717) is 17.7 Å². The van der Waals surface area contributed by atoms with Crippen molar-refractivity contribution < 1.29 is 9.90 Å². The molecule has 0 saturated carbocycles. The van der Waals surface area contributed by atoms with Gasteiger partial charge in [-0.15, -0.1) is 11.3 Å². The van der Waals surface area contributed by atoms with Crippen molar-refractivity contribution in [3.63, 3.8) is 0 Å². The topological polar surface area (TPSA) is 53.4 Å². The smallest absolute Gasteiger partial charge is 0.309 e. The van der Waals surface area contributed by atoms with Crippen LogP contribution >= 0.6 is 11.3 Å². The van der Waals surface area contributed by atoms with Gasteiger partial charge in [-0.1, -0.05) is 13.8 Å². The van der Waals surface area contributed by atoms with Gasteiger partial charge >= 0.3 is 5.97 Å². The largest absolute Gasteiger partial charge is 0.481 e. The Labute approximate surface area is 106 Å². The van der Waals surface area contributed by atoms with Gasteiger partial charge in [0, 0.05) is 18.5 Å². The zero-order valence-corrected chi connectivity index (χ0v) is 11.6. The molecular weight excluding hydrogens is 236 g/mol. The van der Waals surface area contributed by atoms with E-state index >= 15 is 0 Å². The summed E-state index contributed by atoms with van der Waals surface area (Å²) in [7, 11) is 2.01. The van der Waals surface area contributed by atoms with E-state index in [0.717, 1.165) is 11.6 Å². The number of carboxylic acid groups (broad SMARTS) is 1. The van der Waals surface area contributed by atoms with Crippen LogP contribution in [0.1, 0.15) is 32.9 Å². The number of carbonyl (C=O) groups is 1. The van der Waals surface area contributed by atoms with Gasteiger partial charge in [0.1, 0.15) is 0 Å². The lowest BCUT2D eigenvalue weighted by atomic mass is 10.0. The van der Waals surface area contributed by atoms with Crippen LogP contribution in [0.5, 0.6) is 0 Å². The molecule has 0 spiro atoms. The SMILES string of the molecule is CC(C)CC(C)N(C)c1nc(CC(=O)O)cs1. The van der Waals surface area contributed by atoms with E-state index in [-0.39, 0.29) is 6.42 Å². The molecule has 0 aliphatic heterocycles. The highest BCUT2D eigenvalue weighted by molar-refractivity contribution is 7.13. The molecule has 0 fully saturated rings. The van der Waals surface area contributed by atoms with Crippen molar-refractivity contribution >= 4 is 22.4 Å². The molecule has 0 bridgehead atoms. The Bertz CT molecular complexity index is 376. The fourth-order valence-electron chi connectivity index (χ4n) is 1.72. The Morgan fingerprint density at radius 3 is 2.71 bits per heavy atom. The molecule has 0 aliphatic rings. The standard InChI is InChI=1S/C12H20N2O2S/c1-8(2)5-9(3)14(4)12-13-10(7-17-12)6-11(15)16/h7-9H,5-6H2,1-4H3,(H,15,16). The molecular formula is C12H20N2O2S. The van der Waals surface area contributed by atoms with Gasteiger partial charge in [-0.25, -0.2) is 4.98 Å². The van der Waals surface area contributed by atoms with Crippen LogP contribution in [-0.4, -0.2) is 29.1 Å². The molecule has 17 heavy (non-hydrogen) atoms. The highest BCUT2D eigenvalue weighted by Crippen LogP contribution is 2.23. The van der Waals surface area contributed by atoms with E-state index in [9.17, 15) is 4.79 Å². The summed E-state index contributed by atoms with van der Waals surface area (Å²) in [5, 5.41) is 11.4. The molecule has 1 aromatic heterocycles. The lowest BCUT2D eigenvalue weighted by molar-refractivity contribution is -0.136. The summed E-state index contributed by atoms with van der Waals surface area (Å²) in [4.78, 5) is 17.0. The molecule has 0 amide bonds. The van der Waals surface area contributed by atoms with Crippen molar-refractivity contribution in [1.29, 1.82) is 0 Å². The van der Waals surface area contributed by atoms with Gasteiger partial charge in [-0.05, 0) is 19.3 Å². The zero-order chi connectivity index (χ0) is 13.0. The number of anilines is 1. The summed E-state index contributed by atoms with van der Waals surface area (Å²) in [5.74, 6) is -0.189. The maximum absolute atomic E-state index is 10.6. The van der Waals surface area contributed by atoms with Crippen LogP contribution in [0.25, 0.3) is 0 Å². The first-order valence-electron chi connectivity index (χ1n) is 5.79. The van der Waals surface area contributed by atoms with Crippen LogP contribution < -0.4 is 4.90 Å². The molecule has 0 radical (unpaired) electrons. The molecule has 1 atom stereocenters. The van der Waals surface area contributed by atoms with Gasteiger partial charge in [-0.3, -0.25) is 4.79 Å². The number of thiazole rings is 1. The van der Waals surface area contributed by atoms with Crippen molar-refractivity contribution in [1.82, 2.24) is 4.98 Å². The molecule has 1 rings (SSSR count). The summed E-state index contributed by atoms with van der Waals surface area (Å²) in [5.41, 5.74) is 0.640. The molecule has 1 heterocycles. The summed E-state index contributed by atoms with van der Waals surface area (Å²) >= 11 is 1.51. The third-order valence-electron chi connectivity index (χ3n) is 2.65. The van der Waals surface area contributed by atoms with Crippen molar-refractivity contribution in [2.24, 2.45) is 5.92 Å². The molecule has 96 valence electrons. The Morgan fingerprint density at radius 2 is 2.18 bits per heavy atom. The normalized spacial score (nSPS) is 12.8. The Kier molecular flexibility index (Phi) is 4.93. The second-order valence-electron chi connectivity index (χ2n) is 4.78. The first-order chi connectivity index (χ1) is 7.90. The third kappa shape index (κ3) is 4.34. The molecule has 0 saturated heterocycles. The fourth-order valence-corrected chi connectivity index (χ4v) is 2.62. The monoisotopic (exact) mass is 256 g/mol. The number of aliphatic carboxylic acids is 1. The molecule has 4 nitrogen and oxygen atoms in total. The maximum atomic E-state index is 10.6. The van der Waals surface area contributed by atoms with Gasteiger partial charge in [0.25, 0.3) is 0 Å². The average molecular weight is 256 g/mol. The maximum Gasteiger partial charge on any atom is 0.309 e. The lowest BCUT2D eigenvalue weighted by Gasteiger charge is -2.25. The fraction of sp³-hybridized carbons (Fsp3) is 0.667. The molecule has 5 heteroatoms.